The van der Waals surface area contributed by atoms with E-state index in [2.05, 4.69) is 5.92 Å². The third-order valence-corrected chi connectivity index (χ3v) is 6.47. The van der Waals surface area contributed by atoms with Crippen LogP contribution in [0.25, 0.3) is 0 Å². The molecule has 3 atom stereocenters. The number of carbonyl (C=O) groups excluding carboxylic acids is 1. The quantitative estimate of drug-likeness (QED) is 0.289. The van der Waals surface area contributed by atoms with E-state index in [0.717, 1.165) is 0 Å². The number of nitrogens with zero attached hydrogens (tertiary/aromatic N) is 2. The van der Waals surface area contributed by atoms with Crippen LogP contribution < -0.4 is 0 Å². The van der Waals surface area contributed by atoms with Gasteiger partial charge in [0.25, 0.3) is 5.69 Å². The summed E-state index contributed by atoms with van der Waals surface area (Å²) in [7, 11) is 1.19. The van der Waals surface area contributed by atoms with Crippen molar-refractivity contribution in [2.75, 3.05) is 13.7 Å². The monoisotopic (exact) mass is 464 g/mol. The van der Waals surface area contributed by atoms with Crippen LogP contribution in [0.3, 0.4) is 0 Å². The lowest BCUT2D eigenvalue weighted by atomic mass is 9.58. The number of aromatic hydroxyl groups is 1. The third kappa shape index (κ3) is 3.73. The predicted octanol–water partition coefficient (Wildman–Crippen LogP) is 3.19. The normalized spacial score (nSPS) is 22.1. The van der Waals surface area contributed by atoms with Crippen molar-refractivity contribution in [1.82, 2.24) is 4.90 Å². The van der Waals surface area contributed by atoms with Crippen LogP contribution in [-0.4, -0.2) is 51.7 Å². The van der Waals surface area contributed by atoms with Crippen molar-refractivity contribution in [3.63, 3.8) is 0 Å². The zero-order valence-electron chi connectivity index (χ0n) is 18.9. The molecule has 1 aliphatic rings. The number of rotatable bonds is 6. The zero-order valence-corrected chi connectivity index (χ0v) is 18.9. The van der Waals surface area contributed by atoms with Gasteiger partial charge in [-0.1, -0.05) is 30.2 Å². The van der Waals surface area contributed by atoms with E-state index in [-0.39, 0.29) is 29.1 Å². The molecule has 0 spiro atoms. The van der Waals surface area contributed by atoms with Gasteiger partial charge in [-0.05, 0) is 37.1 Å². The first-order valence-corrected chi connectivity index (χ1v) is 10.4. The van der Waals surface area contributed by atoms with Crippen LogP contribution >= 0.6 is 0 Å². The minimum absolute atomic E-state index is 0.0161. The molecule has 0 saturated carbocycles. The lowest BCUT2D eigenvalue weighted by Crippen LogP contribution is -2.61. The standard InChI is InChI=1S/C25H24N2O7/c1-5-13-26-15(2)21(23(29)30)22(17-7-6-8-19(14-17)27(32)33)25(16(26)3,24(31)34-4)18-9-11-20(28)12-10-18/h1,6-12,14,16,22,28H,13H2,2-4H3,(H,29,30). The fourth-order valence-corrected chi connectivity index (χ4v) is 4.97. The number of non-ortho nitro benzene ring substituents is 1. The van der Waals surface area contributed by atoms with Gasteiger partial charge in [0.15, 0.2) is 0 Å². The highest BCUT2D eigenvalue weighted by atomic mass is 16.6. The van der Waals surface area contributed by atoms with E-state index in [9.17, 15) is 29.9 Å². The number of carboxylic acids is 1. The van der Waals surface area contributed by atoms with Gasteiger partial charge in [-0.3, -0.25) is 14.9 Å². The molecule has 1 aliphatic heterocycles. The second kappa shape index (κ2) is 9.27. The highest BCUT2D eigenvalue weighted by Crippen LogP contribution is 2.53. The van der Waals surface area contributed by atoms with Crippen molar-refractivity contribution in [2.45, 2.75) is 31.2 Å². The fraction of sp³-hybridized carbons (Fsp3) is 0.280. The molecule has 2 aromatic carbocycles. The molecule has 9 nitrogen and oxygen atoms in total. The number of methoxy groups -OCH3 is 1. The van der Waals surface area contributed by atoms with Gasteiger partial charge in [0, 0.05) is 29.8 Å². The van der Waals surface area contributed by atoms with Gasteiger partial charge in [0.2, 0.25) is 0 Å². The third-order valence-electron chi connectivity index (χ3n) is 6.47. The Balaban J connectivity index is 2.52. The molecule has 0 saturated heterocycles. The number of hydrogen-bond acceptors (Lipinski definition) is 7. The van der Waals surface area contributed by atoms with Gasteiger partial charge < -0.3 is 19.8 Å². The van der Waals surface area contributed by atoms with Gasteiger partial charge in [-0.15, -0.1) is 6.42 Å². The van der Waals surface area contributed by atoms with Crippen molar-refractivity contribution in [2.24, 2.45) is 0 Å². The summed E-state index contributed by atoms with van der Waals surface area (Å²) in [6, 6.07) is 10.6. The highest BCUT2D eigenvalue weighted by molar-refractivity contribution is 5.96. The first kappa shape index (κ1) is 24.3. The summed E-state index contributed by atoms with van der Waals surface area (Å²) in [5.41, 5.74) is -1.07. The van der Waals surface area contributed by atoms with Crippen LogP contribution in [0.15, 0.2) is 59.8 Å². The Bertz CT molecular complexity index is 1210. The molecule has 3 unspecified atom stereocenters. The molecular formula is C25H24N2O7. The molecule has 34 heavy (non-hydrogen) atoms. The average molecular weight is 464 g/mol. The maximum atomic E-state index is 13.7. The lowest BCUT2D eigenvalue weighted by Gasteiger charge is -2.52. The number of nitro benzene ring substituents is 1. The van der Waals surface area contributed by atoms with Crippen LogP contribution in [0, 0.1) is 22.5 Å². The van der Waals surface area contributed by atoms with Gasteiger partial charge in [0.1, 0.15) is 11.2 Å². The minimum atomic E-state index is -1.66. The van der Waals surface area contributed by atoms with E-state index in [1.165, 1.54) is 49.6 Å². The maximum absolute atomic E-state index is 13.7. The summed E-state index contributed by atoms with van der Waals surface area (Å²) in [6.45, 7) is 3.34. The molecule has 0 amide bonds. The molecular weight excluding hydrogens is 440 g/mol. The van der Waals surface area contributed by atoms with E-state index in [0.29, 0.717) is 11.3 Å². The number of ether oxygens (including phenoxy) is 1. The smallest absolute Gasteiger partial charge is 0.334 e. The summed E-state index contributed by atoms with van der Waals surface area (Å²) >= 11 is 0. The van der Waals surface area contributed by atoms with Crippen molar-refractivity contribution in [3.05, 3.63) is 81.0 Å². The van der Waals surface area contributed by atoms with Crippen molar-refractivity contribution >= 4 is 17.6 Å². The molecule has 3 rings (SSSR count). The molecule has 0 radical (unpaired) electrons. The Kier molecular flexibility index (Phi) is 6.63. The van der Waals surface area contributed by atoms with E-state index < -0.39 is 34.2 Å². The summed E-state index contributed by atoms with van der Waals surface area (Å²) in [4.78, 5) is 38.9. The number of hydrogen-bond donors (Lipinski definition) is 2. The number of terminal acetylenes is 1. The lowest BCUT2D eigenvalue weighted by molar-refractivity contribution is -0.384. The highest BCUT2D eigenvalue weighted by Gasteiger charge is 2.60. The summed E-state index contributed by atoms with van der Waals surface area (Å²) in [6.07, 6.45) is 5.57. The molecule has 0 bridgehead atoms. The number of phenolic OH excluding ortho intramolecular Hbond substituents is 1. The number of phenols is 1. The molecule has 0 aliphatic carbocycles. The second-order valence-corrected chi connectivity index (χ2v) is 8.00. The predicted molar refractivity (Wildman–Crippen MR) is 123 cm³/mol. The number of esters is 1. The van der Waals surface area contributed by atoms with Crippen LogP contribution in [0.1, 0.15) is 30.9 Å². The molecule has 1 heterocycles. The Hall–Kier alpha value is -4.32. The van der Waals surface area contributed by atoms with Gasteiger partial charge >= 0.3 is 11.9 Å². The second-order valence-electron chi connectivity index (χ2n) is 8.00. The number of aliphatic carboxylic acids is 1. The van der Waals surface area contributed by atoms with E-state index in [4.69, 9.17) is 11.2 Å². The van der Waals surface area contributed by atoms with E-state index >= 15 is 0 Å². The Labute approximate surface area is 196 Å². The van der Waals surface area contributed by atoms with Crippen LogP contribution in [-0.2, 0) is 19.7 Å². The van der Waals surface area contributed by atoms with E-state index in [1.807, 2.05) is 0 Å². The Morgan fingerprint density at radius 2 is 1.91 bits per heavy atom. The Morgan fingerprint density at radius 3 is 2.44 bits per heavy atom. The summed E-state index contributed by atoms with van der Waals surface area (Å²) in [5, 5.41) is 31.7. The molecule has 2 aromatic rings. The molecule has 176 valence electrons. The van der Waals surface area contributed by atoms with Crippen molar-refractivity contribution in [1.29, 1.82) is 0 Å². The first-order valence-electron chi connectivity index (χ1n) is 10.4. The zero-order chi connectivity index (χ0) is 25.2. The summed E-state index contributed by atoms with van der Waals surface area (Å²) < 4.78 is 5.24. The van der Waals surface area contributed by atoms with Crippen LogP contribution in [0.2, 0.25) is 0 Å². The van der Waals surface area contributed by atoms with Gasteiger partial charge in [0.05, 0.1) is 24.2 Å². The van der Waals surface area contributed by atoms with Gasteiger partial charge in [-0.25, -0.2) is 4.79 Å². The Morgan fingerprint density at radius 1 is 1.26 bits per heavy atom. The van der Waals surface area contributed by atoms with Crippen molar-refractivity contribution < 1.29 is 29.5 Å². The number of carboxylic acid groups (broad SMARTS) is 1. The van der Waals surface area contributed by atoms with Crippen LogP contribution in [0.5, 0.6) is 5.75 Å². The number of carbonyl (C=O) groups is 2. The van der Waals surface area contributed by atoms with Crippen LogP contribution in [0.4, 0.5) is 5.69 Å². The van der Waals surface area contributed by atoms with Gasteiger partial charge in [-0.2, -0.15) is 0 Å². The fourth-order valence-electron chi connectivity index (χ4n) is 4.97. The SMILES string of the molecule is C#CCN1C(C)=C(C(=O)O)C(c2cccc([N+](=O)[O-])c2)C(C(=O)OC)(c2ccc(O)cc2)C1C. The average Bonchev–Trinajstić information content (AvgIpc) is 2.81. The topological polar surface area (TPSA) is 130 Å². The molecule has 0 fully saturated rings. The maximum Gasteiger partial charge on any atom is 0.334 e. The number of nitro groups is 1. The summed E-state index contributed by atoms with van der Waals surface area (Å²) in [5.74, 6) is -0.740. The molecule has 2 N–H and O–H groups in total. The molecule has 0 aromatic heterocycles. The first-order chi connectivity index (χ1) is 16.1. The largest absolute Gasteiger partial charge is 0.508 e. The minimum Gasteiger partial charge on any atom is -0.508 e. The van der Waals surface area contributed by atoms with Crippen molar-refractivity contribution in [3.8, 4) is 18.1 Å². The van der Waals surface area contributed by atoms with E-state index in [1.54, 1.807) is 24.8 Å². The number of allylic oxidation sites excluding steroid dienone is 1. The molecule has 9 heteroatoms. The number of benzene rings is 2.